The number of carbonyl (C=O) groups is 1. The van der Waals surface area contributed by atoms with Crippen molar-refractivity contribution in [1.29, 1.82) is 0 Å². The van der Waals surface area contributed by atoms with Crippen molar-refractivity contribution in [3.63, 3.8) is 0 Å². The van der Waals surface area contributed by atoms with Crippen LogP contribution in [0, 0.1) is 17.7 Å². The van der Waals surface area contributed by atoms with Gasteiger partial charge in [0, 0.05) is 44.3 Å². The summed E-state index contributed by atoms with van der Waals surface area (Å²) in [7, 11) is 0. The minimum Gasteiger partial charge on any atom is -0.378 e. The molecule has 3 fully saturated rings. The molecule has 2 aromatic carbocycles. The molecule has 0 unspecified atom stereocenters. The average molecular weight is 468 g/mol. The predicted molar refractivity (Wildman–Crippen MR) is 124 cm³/mol. The van der Waals surface area contributed by atoms with Crippen LogP contribution in [-0.4, -0.2) is 56.7 Å². The highest BCUT2D eigenvalue weighted by Crippen LogP contribution is 2.44. The number of hydrogen-bond acceptors (Lipinski definition) is 4. The second-order valence-corrected chi connectivity index (χ2v) is 8.16. The zero-order valence-electron chi connectivity index (χ0n) is 17.2. The molecule has 168 valence electrons. The Hall–Kier alpha value is -1.86. The van der Waals surface area contributed by atoms with Gasteiger partial charge in [0.15, 0.2) is 0 Å². The Morgan fingerprint density at radius 2 is 1.81 bits per heavy atom. The van der Waals surface area contributed by atoms with Crippen LogP contribution in [0.15, 0.2) is 48.5 Å². The summed E-state index contributed by atoms with van der Waals surface area (Å²) < 4.78 is 19.5. The summed E-state index contributed by atoms with van der Waals surface area (Å²) in [5.74, 6) is 0.507. The Labute approximate surface area is 194 Å². The number of hydrogen-bond donors (Lipinski definition) is 1. The third-order valence-corrected chi connectivity index (χ3v) is 6.50. The van der Waals surface area contributed by atoms with Crippen molar-refractivity contribution < 1.29 is 13.9 Å². The van der Waals surface area contributed by atoms with Crippen molar-refractivity contribution in [2.75, 3.05) is 50.8 Å². The van der Waals surface area contributed by atoms with Gasteiger partial charge in [-0.1, -0.05) is 24.3 Å². The van der Waals surface area contributed by atoms with Gasteiger partial charge in [0.05, 0.1) is 24.8 Å². The lowest BCUT2D eigenvalue weighted by Gasteiger charge is -2.33. The number of fused-ring (bicyclic) bond motifs is 1. The lowest BCUT2D eigenvalue weighted by Crippen LogP contribution is -2.39. The Morgan fingerprint density at radius 3 is 2.58 bits per heavy atom. The Balaban J connectivity index is 0.00000136. The predicted octanol–water partition coefficient (Wildman–Crippen LogP) is 3.54. The Kier molecular flexibility index (Phi) is 7.81. The fourth-order valence-electron chi connectivity index (χ4n) is 5.14. The molecule has 0 aliphatic carbocycles. The van der Waals surface area contributed by atoms with Crippen molar-refractivity contribution in [2.24, 2.45) is 11.8 Å². The zero-order valence-corrected chi connectivity index (χ0v) is 18.8. The van der Waals surface area contributed by atoms with E-state index in [1.54, 1.807) is 12.1 Å². The molecular formula is C23H28Cl2FN3O2. The first-order valence-electron chi connectivity index (χ1n) is 10.4. The van der Waals surface area contributed by atoms with E-state index < -0.39 is 0 Å². The summed E-state index contributed by atoms with van der Waals surface area (Å²) in [6.07, 6.45) is 0. The number of anilines is 1. The first-order valence-corrected chi connectivity index (χ1v) is 10.4. The van der Waals surface area contributed by atoms with Gasteiger partial charge in [-0.15, -0.1) is 24.8 Å². The Bertz CT molecular complexity index is 910. The third kappa shape index (κ3) is 4.53. The molecule has 0 spiro atoms. The molecule has 3 aliphatic heterocycles. The van der Waals surface area contributed by atoms with Gasteiger partial charge in [-0.3, -0.25) is 4.79 Å². The number of para-hydroxylation sites is 1. The number of carbonyl (C=O) groups excluding carboxylic acids is 1. The van der Waals surface area contributed by atoms with Crippen molar-refractivity contribution in [1.82, 2.24) is 10.2 Å². The minimum atomic E-state index is -0.252. The van der Waals surface area contributed by atoms with E-state index in [0.29, 0.717) is 31.6 Å². The molecule has 0 aromatic heterocycles. The lowest BCUT2D eigenvalue weighted by atomic mass is 9.89. The maximum absolute atomic E-state index is 14.0. The summed E-state index contributed by atoms with van der Waals surface area (Å²) >= 11 is 0. The highest BCUT2D eigenvalue weighted by molar-refractivity contribution is 6.00. The van der Waals surface area contributed by atoms with Crippen molar-refractivity contribution in [3.8, 4) is 0 Å². The molecule has 1 amide bonds. The standard InChI is InChI=1S/C23H26FN3O2.2ClH/c24-18-5-3-4-16(12-18)22-20-14-25-13-17(20)15-27(22)23(28)19-6-1-2-7-21(19)26-8-10-29-11-9-26;;/h1-7,12,17,20,22,25H,8-11,13-15H2;2*1H/t17-,20-,22+;;/m0../s1. The van der Waals surface area contributed by atoms with Crippen LogP contribution >= 0.6 is 24.8 Å². The molecule has 0 saturated carbocycles. The number of benzene rings is 2. The molecule has 0 bridgehead atoms. The fourth-order valence-corrected chi connectivity index (χ4v) is 5.14. The van der Waals surface area contributed by atoms with E-state index in [-0.39, 0.29) is 42.6 Å². The van der Waals surface area contributed by atoms with E-state index >= 15 is 0 Å². The Morgan fingerprint density at radius 1 is 1.03 bits per heavy atom. The number of morpholine rings is 1. The second-order valence-electron chi connectivity index (χ2n) is 8.16. The third-order valence-electron chi connectivity index (χ3n) is 6.50. The number of amides is 1. The van der Waals surface area contributed by atoms with Crippen LogP contribution in [-0.2, 0) is 4.74 Å². The first kappa shape index (κ1) is 23.8. The normalized spacial score (nSPS) is 24.9. The van der Waals surface area contributed by atoms with E-state index in [2.05, 4.69) is 10.2 Å². The van der Waals surface area contributed by atoms with Gasteiger partial charge in [-0.05, 0) is 35.7 Å². The van der Waals surface area contributed by atoms with E-state index in [9.17, 15) is 9.18 Å². The number of ether oxygens (including phenoxy) is 1. The molecule has 8 heteroatoms. The second kappa shape index (κ2) is 10.2. The largest absolute Gasteiger partial charge is 0.378 e. The highest BCUT2D eigenvalue weighted by Gasteiger charge is 2.47. The van der Waals surface area contributed by atoms with Gasteiger partial charge >= 0.3 is 0 Å². The number of nitrogens with zero attached hydrogens (tertiary/aromatic N) is 2. The molecule has 5 rings (SSSR count). The molecule has 31 heavy (non-hydrogen) atoms. The van der Waals surface area contributed by atoms with Crippen LogP contribution in [0.1, 0.15) is 22.0 Å². The summed E-state index contributed by atoms with van der Waals surface area (Å²) in [6, 6.07) is 14.5. The fraction of sp³-hybridized carbons (Fsp3) is 0.435. The van der Waals surface area contributed by atoms with Gasteiger partial charge in [0.25, 0.3) is 5.91 Å². The number of rotatable bonds is 3. The number of likely N-dealkylation sites (tertiary alicyclic amines) is 1. The zero-order chi connectivity index (χ0) is 19.8. The number of halogens is 3. The molecule has 3 saturated heterocycles. The quantitative estimate of drug-likeness (QED) is 0.749. The molecule has 3 aliphatic rings. The van der Waals surface area contributed by atoms with E-state index in [0.717, 1.165) is 43.0 Å². The highest BCUT2D eigenvalue weighted by atomic mass is 35.5. The minimum absolute atomic E-state index is 0. The smallest absolute Gasteiger partial charge is 0.256 e. The van der Waals surface area contributed by atoms with Crippen LogP contribution in [0.2, 0.25) is 0 Å². The molecule has 2 aromatic rings. The van der Waals surface area contributed by atoms with Gasteiger partial charge < -0.3 is 19.9 Å². The van der Waals surface area contributed by atoms with Crippen LogP contribution in [0.4, 0.5) is 10.1 Å². The molecule has 5 nitrogen and oxygen atoms in total. The van der Waals surface area contributed by atoms with Crippen molar-refractivity contribution >= 4 is 36.4 Å². The molecule has 0 radical (unpaired) electrons. The summed E-state index contributed by atoms with van der Waals surface area (Å²) in [5, 5.41) is 3.45. The van der Waals surface area contributed by atoms with Crippen molar-refractivity contribution in [3.05, 3.63) is 65.5 Å². The van der Waals surface area contributed by atoms with Gasteiger partial charge in [-0.2, -0.15) is 0 Å². The van der Waals surface area contributed by atoms with Crippen LogP contribution in [0.5, 0.6) is 0 Å². The molecule has 3 heterocycles. The van der Waals surface area contributed by atoms with Crippen molar-refractivity contribution in [2.45, 2.75) is 6.04 Å². The summed E-state index contributed by atoms with van der Waals surface area (Å²) in [5.41, 5.74) is 2.58. The van der Waals surface area contributed by atoms with E-state index in [1.807, 2.05) is 35.2 Å². The van der Waals surface area contributed by atoms with E-state index in [1.165, 1.54) is 6.07 Å². The van der Waals surface area contributed by atoms with Gasteiger partial charge in [0.2, 0.25) is 0 Å². The van der Waals surface area contributed by atoms with Gasteiger partial charge in [-0.25, -0.2) is 4.39 Å². The SMILES string of the molecule is Cl.Cl.O=C(c1ccccc1N1CCOCC1)N1C[C@@H]2CNC[C@@H]2[C@H]1c1cccc(F)c1. The monoisotopic (exact) mass is 467 g/mol. The van der Waals surface area contributed by atoms with Crippen LogP contribution in [0.3, 0.4) is 0 Å². The van der Waals surface area contributed by atoms with Gasteiger partial charge in [0.1, 0.15) is 5.82 Å². The molecule has 3 atom stereocenters. The summed E-state index contributed by atoms with van der Waals surface area (Å²) in [4.78, 5) is 18.0. The molecule has 1 N–H and O–H groups in total. The maximum Gasteiger partial charge on any atom is 0.256 e. The summed E-state index contributed by atoms with van der Waals surface area (Å²) in [6.45, 7) is 5.39. The number of nitrogens with one attached hydrogen (secondary N) is 1. The average Bonchev–Trinajstić information content (AvgIpc) is 3.35. The maximum atomic E-state index is 14.0. The van der Waals surface area contributed by atoms with E-state index in [4.69, 9.17) is 4.74 Å². The van der Waals surface area contributed by atoms with Crippen LogP contribution < -0.4 is 10.2 Å². The lowest BCUT2D eigenvalue weighted by molar-refractivity contribution is 0.0713. The first-order chi connectivity index (χ1) is 14.2. The van der Waals surface area contributed by atoms with Crippen LogP contribution in [0.25, 0.3) is 0 Å². The molecular weight excluding hydrogens is 440 g/mol. The topological polar surface area (TPSA) is 44.8 Å².